The zero-order chi connectivity index (χ0) is 12.3. The van der Waals surface area contributed by atoms with Crippen LogP contribution in [-0.2, 0) is 16.0 Å². The topological polar surface area (TPSA) is 66.8 Å². The Kier molecular flexibility index (Phi) is 4.15. The Morgan fingerprint density at radius 1 is 1.56 bits per heavy atom. The zero-order valence-electron chi connectivity index (χ0n) is 9.03. The van der Waals surface area contributed by atoms with E-state index in [-0.39, 0.29) is 16.3 Å². The number of aromatic hydroxyl groups is 1. The molecule has 4 nitrogen and oxygen atoms in total. The summed E-state index contributed by atoms with van der Waals surface area (Å²) in [5.41, 5.74) is 0.886. The molecule has 0 spiro atoms. The maximum absolute atomic E-state index is 11.1. The lowest BCUT2D eigenvalue weighted by Crippen LogP contribution is -2.14. The number of hydrogen-bond donors (Lipinski definition) is 2. The molecule has 1 aromatic carbocycles. The van der Waals surface area contributed by atoms with Crippen LogP contribution in [0.1, 0.15) is 24.2 Å². The molecule has 0 amide bonds. The number of aliphatic hydroxyl groups excluding tert-OH is 1. The number of phenols is 1. The van der Waals surface area contributed by atoms with E-state index in [1.165, 1.54) is 6.07 Å². The number of methoxy groups -OCH3 is 1. The highest BCUT2D eigenvalue weighted by Crippen LogP contribution is 2.33. The molecule has 0 saturated heterocycles. The molecule has 1 atom stereocenters. The summed E-state index contributed by atoms with van der Waals surface area (Å²) >= 11 is 5.78. The molecule has 0 aliphatic carbocycles. The van der Waals surface area contributed by atoms with Gasteiger partial charge in [-0.05, 0) is 24.1 Å². The van der Waals surface area contributed by atoms with E-state index in [2.05, 4.69) is 4.74 Å². The molecular weight excluding hydrogens is 232 g/mol. The molecule has 0 aromatic heterocycles. The molecule has 5 heteroatoms. The van der Waals surface area contributed by atoms with Crippen LogP contribution < -0.4 is 0 Å². The van der Waals surface area contributed by atoms with Crippen LogP contribution in [0.4, 0.5) is 0 Å². The van der Waals surface area contributed by atoms with Gasteiger partial charge in [0, 0.05) is 5.56 Å². The van der Waals surface area contributed by atoms with Crippen LogP contribution in [0.2, 0.25) is 5.02 Å². The summed E-state index contributed by atoms with van der Waals surface area (Å²) in [4.78, 5) is 11.1. The van der Waals surface area contributed by atoms with Crippen LogP contribution in [0.5, 0.6) is 5.75 Å². The highest BCUT2D eigenvalue weighted by atomic mass is 35.5. The molecule has 0 heterocycles. The lowest BCUT2D eigenvalue weighted by Gasteiger charge is -2.13. The van der Waals surface area contributed by atoms with Gasteiger partial charge in [-0.1, -0.05) is 18.5 Å². The number of aryl methyl sites for hydroxylation is 1. The van der Waals surface area contributed by atoms with Crippen molar-refractivity contribution in [2.45, 2.75) is 19.4 Å². The average Bonchev–Trinajstić information content (AvgIpc) is 2.30. The Balaban J connectivity index is 3.21. The Morgan fingerprint density at radius 3 is 2.69 bits per heavy atom. The van der Waals surface area contributed by atoms with Crippen molar-refractivity contribution in [2.24, 2.45) is 0 Å². The Labute approximate surface area is 98.4 Å². The van der Waals surface area contributed by atoms with Gasteiger partial charge in [-0.15, -0.1) is 0 Å². The summed E-state index contributed by atoms with van der Waals surface area (Å²) in [5.74, 6) is -1.13. The number of esters is 1. The summed E-state index contributed by atoms with van der Waals surface area (Å²) in [5, 5.41) is 19.4. The highest BCUT2D eigenvalue weighted by molar-refractivity contribution is 6.32. The number of carbonyl (C=O) groups is 1. The molecule has 1 rings (SSSR count). The number of phenolic OH excluding ortho intramolecular Hbond substituents is 1. The maximum atomic E-state index is 11.1. The van der Waals surface area contributed by atoms with Crippen LogP contribution in [0, 0.1) is 0 Å². The van der Waals surface area contributed by atoms with Crippen molar-refractivity contribution in [3.8, 4) is 5.75 Å². The number of benzene rings is 1. The van der Waals surface area contributed by atoms with E-state index in [9.17, 15) is 15.0 Å². The second-order valence-electron chi connectivity index (χ2n) is 3.29. The first-order valence-electron chi connectivity index (χ1n) is 4.78. The predicted octanol–water partition coefficient (Wildman–Crippen LogP) is 1.81. The van der Waals surface area contributed by atoms with E-state index >= 15 is 0 Å². The van der Waals surface area contributed by atoms with Gasteiger partial charge in [0.05, 0.1) is 12.1 Å². The van der Waals surface area contributed by atoms with E-state index in [4.69, 9.17) is 11.6 Å². The third-order valence-electron chi connectivity index (χ3n) is 2.28. The number of hydrogen-bond acceptors (Lipinski definition) is 4. The first-order chi connectivity index (χ1) is 7.51. The molecule has 0 radical (unpaired) electrons. The van der Waals surface area contributed by atoms with E-state index in [1.807, 2.05) is 6.92 Å². The Hall–Kier alpha value is -1.26. The molecule has 88 valence electrons. The summed E-state index contributed by atoms with van der Waals surface area (Å²) in [6, 6.07) is 3.12. The number of carbonyl (C=O) groups excluding carboxylic acids is 1. The lowest BCUT2D eigenvalue weighted by atomic mass is 10.0. The smallest absolute Gasteiger partial charge is 0.339 e. The van der Waals surface area contributed by atoms with Gasteiger partial charge in [-0.25, -0.2) is 4.79 Å². The molecular formula is C11H13ClO4. The predicted molar refractivity (Wildman–Crippen MR) is 59.5 cm³/mol. The van der Waals surface area contributed by atoms with Crippen molar-refractivity contribution in [1.29, 1.82) is 0 Å². The third kappa shape index (κ3) is 2.46. The molecule has 2 N–H and O–H groups in total. The second-order valence-corrected chi connectivity index (χ2v) is 3.70. The van der Waals surface area contributed by atoms with Gasteiger partial charge in [0.25, 0.3) is 0 Å². The first-order valence-corrected chi connectivity index (χ1v) is 5.16. The maximum Gasteiger partial charge on any atom is 0.339 e. The normalized spacial score (nSPS) is 12.2. The summed E-state index contributed by atoms with van der Waals surface area (Å²) < 4.78 is 4.39. The van der Waals surface area contributed by atoms with Crippen molar-refractivity contribution in [3.05, 3.63) is 28.3 Å². The average molecular weight is 245 g/mol. The van der Waals surface area contributed by atoms with Crippen LogP contribution in [0.3, 0.4) is 0 Å². The number of halogens is 1. The largest absolute Gasteiger partial charge is 0.506 e. The Bertz CT molecular complexity index is 403. The number of aliphatic hydroxyl groups is 1. The summed E-state index contributed by atoms with van der Waals surface area (Å²) in [7, 11) is 1.16. The van der Waals surface area contributed by atoms with Crippen molar-refractivity contribution >= 4 is 17.6 Å². The van der Waals surface area contributed by atoms with Crippen LogP contribution in [0.25, 0.3) is 0 Å². The molecule has 0 aliphatic rings. The molecule has 16 heavy (non-hydrogen) atoms. The van der Waals surface area contributed by atoms with E-state index < -0.39 is 12.1 Å². The molecule has 0 bridgehead atoms. The van der Waals surface area contributed by atoms with Crippen LogP contribution in [0.15, 0.2) is 12.1 Å². The van der Waals surface area contributed by atoms with Crippen molar-refractivity contribution < 1.29 is 19.7 Å². The van der Waals surface area contributed by atoms with Crippen molar-refractivity contribution in [1.82, 2.24) is 0 Å². The fourth-order valence-electron chi connectivity index (χ4n) is 1.33. The minimum Gasteiger partial charge on any atom is -0.506 e. The third-order valence-corrected chi connectivity index (χ3v) is 2.57. The lowest BCUT2D eigenvalue weighted by molar-refractivity contribution is -0.150. The molecule has 1 unspecified atom stereocenters. The Morgan fingerprint density at radius 2 is 2.19 bits per heavy atom. The van der Waals surface area contributed by atoms with E-state index in [0.717, 1.165) is 12.7 Å². The molecule has 0 saturated carbocycles. The monoisotopic (exact) mass is 244 g/mol. The SMILES string of the molecule is CCc1cc(Cl)c(O)c(C(O)C(=O)OC)c1. The summed E-state index contributed by atoms with van der Waals surface area (Å²) in [6.45, 7) is 1.90. The van der Waals surface area contributed by atoms with Crippen LogP contribution in [-0.4, -0.2) is 23.3 Å². The molecule has 1 aromatic rings. The fourth-order valence-corrected chi connectivity index (χ4v) is 1.58. The quantitative estimate of drug-likeness (QED) is 0.796. The van der Waals surface area contributed by atoms with E-state index in [1.54, 1.807) is 6.07 Å². The van der Waals surface area contributed by atoms with Gasteiger partial charge in [-0.2, -0.15) is 0 Å². The van der Waals surface area contributed by atoms with Crippen LogP contribution >= 0.6 is 11.6 Å². The van der Waals surface area contributed by atoms with Gasteiger partial charge >= 0.3 is 5.97 Å². The van der Waals surface area contributed by atoms with Crippen molar-refractivity contribution in [3.63, 3.8) is 0 Å². The molecule has 0 fully saturated rings. The minimum absolute atomic E-state index is 0.0659. The molecule has 0 aliphatic heterocycles. The minimum atomic E-state index is -1.52. The van der Waals surface area contributed by atoms with Gasteiger partial charge < -0.3 is 14.9 Å². The zero-order valence-corrected chi connectivity index (χ0v) is 9.78. The van der Waals surface area contributed by atoms with Gasteiger partial charge in [-0.3, -0.25) is 0 Å². The van der Waals surface area contributed by atoms with Crippen molar-refractivity contribution in [2.75, 3.05) is 7.11 Å². The standard InChI is InChI=1S/C11H13ClO4/c1-3-6-4-7(9(13)8(12)5-6)10(14)11(15)16-2/h4-5,10,13-14H,3H2,1-2H3. The number of rotatable bonds is 3. The van der Waals surface area contributed by atoms with Gasteiger partial charge in [0.15, 0.2) is 6.10 Å². The summed E-state index contributed by atoms with van der Waals surface area (Å²) in [6.07, 6.45) is -0.838. The number of ether oxygens (including phenoxy) is 1. The van der Waals surface area contributed by atoms with Gasteiger partial charge in [0.1, 0.15) is 5.75 Å². The van der Waals surface area contributed by atoms with E-state index in [0.29, 0.717) is 6.42 Å². The first kappa shape index (κ1) is 12.8. The fraction of sp³-hybridized carbons (Fsp3) is 0.364. The second kappa shape index (κ2) is 5.18. The highest BCUT2D eigenvalue weighted by Gasteiger charge is 2.23. The van der Waals surface area contributed by atoms with Gasteiger partial charge in [0.2, 0.25) is 0 Å².